The maximum absolute atomic E-state index is 13.2. The van der Waals surface area contributed by atoms with Gasteiger partial charge in [-0.15, -0.1) is 0 Å². The van der Waals surface area contributed by atoms with E-state index in [2.05, 4.69) is 20.6 Å². The molecule has 10 heteroatoms. The first-order valence-corrected chi connectivity index (χ1v) is 11.2. The average molecular weight is 496 g/mol. The quantitative estimate of drug-likeness (QED) is 0.402. The Balaban J connectivity index is 1.43. The van der Waals surface area contributed by atoms with Gasteiger partial charge in [-0.2, -0.15) is 13.2 Å². The second-order valence-electron chi connectivity index (χ2n) is 7.99. The summed E-state index contributed by atoms with van der Waals surface area (Å²) in [7, 11) is 0. The molecule has 1 aromatic heterocycles. The van der Waals surface area contributed by atoms with E-state index in [-0.39, 0.29) is 18.7 Å². The van der Waals surface area contributed by atoms with Crippen LogP contribution in [0.2, 0.25) is 0 Å². The van der Waals surface area contributed by atoms with Crippen molar-refractivity contribution in [2.45, 2.75) is 12.6 Å². The number of rotatable bonds is 8. The first-order valence-electron chi connectivity index (χ1n) is 11.2. The van der Waals surface area contributed by atoms with Crippen LogP contribution in [0.15, 0.2) is 71.9 Å². The van der Waals surface area contributed by atoms with Gasteiger partial charge in [0.05, 0.1) is 12.1 Å². The minimum atomic E-state index is -4.53. The largest absolute Gasteiger partial charge is 0.457 e. The molecule has 0 fully saturated rings. The number of amidine groups is 1. The van der Waals surface area contributed by atoms with Crippen molar-refractivity contribution in [1.29, 1.82) is 0 Å². The summed E-state index contributed by atoms with van der Waals surface area (Å²) in [6.45, 7) is 1.67. The predicted molar refractivity (Wildman–Crippen MR) is 132 cm³/mol. The van der Waals surface area contributed by atoms with Crippen LogP contribution < -0.4 is 21.1 Å². The topological polar surface area (TPSA) is 102 Å². The summed E-state index contributed by atoms with van der Waals surface area (Å²) in [4.78, 5) is 21.0. The zero-order valence-corrected chi connectivity index (χ0v) is 19.2. The Morgan fingerprint density at radius 1 is 1.14 bits per heavy atom. The zero-order valence-electron chi connectivity index (χ0n) is 19.2. The van der Waals surface area contributed by atoms with E-state index in [0.29, 0.717) is 34.9 Å². The normalized spacial score (nSPS) is 13.4. The first-order chi connectivity index (χ1) is 17.3. The number of carbonyl (C=O) groups excluding carboxylic acids is 1. The number of aliphatic imine (C=N–C) groups is 1. The summed E-state index contributed by atoms with van der Waals surface area (Å²) >= 11 is 0. The predicted octanol–water partition coefficient (Wildman–Crippen LogP) is 4.40. The Kier molecular flexibility index (Phi) is 7.65. The highest BCUT2D eigenvalue weighted by molar-refractivity contribution is 6.02. The number of carbonyl (C=O) groups is 1. The summed E-state index contributed by atoms with van der Waals surface area (Å²) in [5, 5.41) is 5.65. The smallest absolute Gasteiger partial charge is 0.416 e. The van der Waals surface area contributed by atoms with Crippen LogP contribution in [0.1, 0.15) is 22.4 Å². The molecule has 186 valence electrons. The molecule has 0 unspecified atom stereocenters. The summed E-state index contributed by atoms with van der Waals surface area (Å²) in [6.07, 6.45) is 0.159. The Morgan fingerprint density at radius 2 is 1.97 bits per heavy atom. The third-order valence-electron chi connectivity index (χ3n) is 5.19. The van der Waals surface area contributed by atoms with Gasteiger partial charge in [0.2, 0.25) is 5.91 Å². The Hall–Kier alpha value is -4.18. The number of anilines is 1. The van der Waals surface area contributed by atoms with E-state index in [4.69, 9.17) is 10.5 Å². The van der Waals surface area contributed by atoms with Crippen LogP contribution in [-0.4, -0.2) is 36.4 Å². The third kappa shape index (κ3) is 6.70. The minimum absolute atomic E-state index is 0.0508. The fraction of sp³-hybridized carbons (Fsp3) is 0.192. The number of nitrogens with one attached hydrogen (secondary N) is 2. The molecule has 4 rings (SSSR count). The second kappa shape index (κ2) is 11.0. The van der Waals surface area contributed by atoms with E-state index >= 15 is 0 Å². The van der Waals surface area contributed by atoms with Crippen LogP contribution in [0.5, 0.6) is 11.5 Å². The molecule has 2 heterocycles. The SMILES string of the molecule is NCCc1cc(NC(=O)/C=C/c2cccc(Oc3ccnc(C4=NCCN4)c3)c2)cc(C(F)(F)F)c1. The van der Waals surface area contributed by atoms with Gasteiger partial charge in [-0.3, -0.25) is 14.8 Å². The van der Waals surface area contributed by atoms with E-state index in [1.54, 1.807) is 48.7 Å². The summed E-state index contributed by atoms with van der Waals surface area (Å²) in [6, 6.07) is 14.0. The summed E-state index contributed by atoms with van der Waals surface area (Å²) in [5.41, 5.74) is 6.44. The van der Waals surface area contributed by atoms with E-state index < -0.39 is 17.6 Å². The second-order valence-corrected chi connectivity index (χ2v) is 7.99. The molecule has 0 spiro atoms. The van der Waals surface area contributed by atoms with Crippen molar-refractivity contribution >= 4 is 23.5 Å². The summed E-state index contributed by atoms with van der Waals surface area (Å²) < 4.78 is 45.6. The van der Waals surface area contributed by atoms with Crippen molar-refractivity contribution in [2.75, 3.05) is 25.0 Å². The molecule has 3 aromatic rings. The van der Waals surface area contributed by atoms with Gasteiger partial charge in [0, 0.05) is 30.6 Å². The van der Waals surface area contributed by atoms with Gasteiger partial charge < -0.3 is 21.1 Å². The Labute approximate surface area is 205 Å². The fourth-order valence-corrected chi connectivity index (χ4v) is 3.59. The highest BCUT2D eigenvalue weighted by atomic mass is 19.4. The molecule has 0 aliphatic carbocycles. The molecule has 7 nitrogen and oxygen atoms in total. The molecule has 0 atom stereocenters. The number of halogens is 3. The van der Waals surface area contributed by atoms with E-state index in [9.17, 15) is 18.0 Å². The average Bonchev–Trinajstić information content (AvgIpc) is 3.38. The molecular formula is C26H24F3N5O2. The maximum Gasteiger partial charge on any atom is 0.416 e. The van der Waals surface area contributed by atoms with Crippen LogP contribution in [0, 0.1) is 0 Å². The van der Waals surface area contributed by atoms with Crippen molar-refractivity contribution in [3.05, 3.63) is 89.3 Å². The highest BCUT2D eigenvalue weighted by Crippen LogP contribution is 2.32. The van der Waals surface area contributed by atoms with Gasteiger partial charge in [-0.25, -0.2) is 0 Å². The van der Waals surface area contributed by atoms with Crippen molar-refractivity contribution in [1.82, 2.24) is 10.3 Å². The fourth-order valence-electron chi connectivity index (χ4n) is 3.59. The summed E-state index contributed by atoms with van der Waals surface area (Å²) in [5.74, 6) is 1.27. The van der Waals surface area contributed by atoms with Gasteiger partial charge in [0.15, 0.2) is 0 Å². The Bertz CT molecular complexity index is 1300. The molecule has 0 bridgehead atoms. The zero-order chi connectivity index (χ0) is 25.5. The van der Waals surface area contributed by atoms with Crippen molar-refractivity contribution in [2.24, 2.45) is 10.7 Å². The van der Waals surface area contributed by atoms with Crippen LogP contribution >= 0.6 is 0 Å². The third-order valence-corrected chi connectivity index (χ3v) is 5.19. The van der Waals surface area contributed by atoms with Gasteiger partial charge in [-0.1, -0.05) is 12.1 Å². The van der Waals surface area contributed by atoms with E-state index in [0.717, 1.165) is 24.5 Å². The Morgan fingerprint density at radius 3 is 2.72 bits per heavy atom. The standard InChI is InChI=1S/C26H24F3N5O2/c27-26(28,29)19-12-18(6-8-30)13-20(15-19)34-24(35)5-4-17-2-1-3-21(14-17)36-22-7-9-31-23(16-22)25-32-10-11-33-25/h1-5,7,9,12-16H,6,8,10-11,30H2,(H,32,33)(H,34,35)/b5-4+. The lowest BCUT2D eigenvalue weighted by Gasteiger charge is -2.12. The number of amides is 1. The number of alkyl halides is 3. The first kappa shape index (κ1) is 24.9. The molecule has 1 aliphatic rings. The maximum atomic E-state index is 13.2. The molecule has 0 saturated carbocycles. The lowest BCUT2D eigenvalue weighted by Crippen LogP contribution is -2.20. The van der Waals surface area contributed by atoms with Crippen molar-refractivity contribution < 1.29 is 22.7 Å². The number of benzene rings is 2. The number of pyridine rings is 1. The number of nitrogens with two attached hydrogens (primary N) is 1. The number of aromatic nitrogens is 1. The molecule has 1 amide bonds. The van der Waals surface area contributed by atoms with Gasteiger partial charge >= 0.3 is 6.18 Å². The molecule has 1 aliphatic heterocycles. The van der Waals surface area contributed by atoms with Gasteiger partial charge in [-0.05, 0) is 66.6 Å². The molecule has 36 heavy (non-hydrogen) atoms. The van der Waals surface area contributed by atoms with Crippen molar-refractivity contribution in [3.8, 4) is 11.5 Å². The molecule has 2 aromatic carbocycles. The lowest BCUT2D eigenvalue weighted by atomic mass is 10.1. The number of nitrogens with zero attached hydrogens (tertiary/aromatic N) is 2. The number of hydrogen-bond donors (Lipinski definition) is 3. The van der Waals surface area contributed by atoms with E-state index in [1.165, 1.54) is 12.1 Å². The molecular weight excluding hydrogens is 471 g/mol. The highest BCUT2D eigenvalue weighted by Gasteiger charge is 2.31. The molecule has 0 radical (unpaired) electrons. The number of hydrogen-bond acceptors (Lipinski definition) is 6. The van der Waals surface area contributed by atoms with Gasteiger partial charge in [0.1, 0.15) is 23.0 Å². The number of ether oxygens (including phenoxy) is 1. The van der Waals surface area contributed by atoms with Crippen LogP contribution in [-0.2, 0) is 17.4 Å². The molecule has 4 N–H and O–H groups in total. The van der Waals surface area contributed by atoms with Crippen molar-refractivity contribution in [3.63, 3.8) is 0 Å². The lowest BCUT2D eigenvalue weighted by molar-refractivity contribution is -0.137. The van der Waals surface area contributed by atoms with Gasteiger partial charge in [0.25, 0.3) is 0 Å². The van der Waals surface area contributed by atoms with Crippen LogP contribution in [0.25, 0.3) is 6.08 Å². The minimum Gasteiger partial charge on any atom is -0.457 e. The molecule has 0 saturated heterocycles. The van der Waals surface area contributed by atoms with Crippen LogP contribution in [0.3, 0.4) is 0 Å². The monoisotopic (exact) mass is 495 g/mol. The van der Waals surface area contributed by atoms with E-state index in [1.807, 2.05) is 0 Å². The van der Waals surface area contributed by atoms with Crippen LogP contribution in [0.4, 0.5) is 18.9 Å².